The maximum Gasteiger partial charge on any atom is 0.230 e. The molecule has 1 heterocycles. The van der Waals surface area contributed by atoms with Crippen LogP contribution < -0.4 is 5.32 Å². The Morgan fingerprint density at radius 3 is 2.79 bits per heavy atom. The smallest absolute Gasteiger partial charge is 0.230 e. The number of carbonyl (C=O) groups excluding carboxylic acids is 1. The second kappa shape index (κ2) is 6.26. The van der Waals surface area contributed by atoms with Crippen LogP contribution in [0.15, 0.2) is 8.68 Å². The molecule has 0 radical (unpaired) electrons. The topological polar surface area (TPSA) is 54.9 Å². The van der Waals surface area contributed by atoms with Gasteiger partial charge in [0.2, 0.25) is 5.91 Å². The highest BCUT2D eigenvalue weighted by molar-refractivity contribution is 8.03. The molecule has 0 spiro atoms. The van der Waals surface area contributed by atoms with E-state index in [0.717, 1.165) is 8.68 Å². The Labute approximate surface area is 95.3 Å². The Bertz CT molecular complexity index is 302. The van der Waals surface area contributed by atoms with E-state index in [9.17, 15) is 4.79 Å². The summed E-state index contributed by atoms with van der Waals surface area (Å²) >= 11 is 4.51. The molecule has 0 aromatic carbocycles. The lowest BCUT2D eigenvalue weighted by molar-refractivity contribution is -0.118. The van der Waals surface area contributed by atoms with Gasteiger partial charge in [-0.25, -0.2) is 0 Å². The third-order valence-electron chi connectivity index (χ3n) is 1.26. The van der Waals surface area contributed by atoms with Gasteiger partial charge < -0.3 is 5.32 Å². The summed E-state index contributed by atoms with van der Waals surface area (Å²) in [5.41, 5.74) is 0. The van der Waals surface area contributed by atoms with E-state index in [4.69, 9.17) is 0 Å². The first-order chi connectivity index (χ1) is 6.76. The second-order valence-corrected chi connectivity index (χ2v) is 5.53. The molecule has 78 valence electrons. The van der Waals surface area contributed by atoms with Gasteiger partial charge in [-0.1, -0.05) is 34.9 Å². The van der Waals surface area contributed by atoms with Gasteiger partial charge >= 0.3 is 0 Å². The normalized spacial score (nSPS) is 10.1. The summed E-state index contributed by atoms with van der Waals surface area (Å²) in [6.07, 6.45) is 1.96. The Hall–Kier alpha value is -0.270. The summed E-state index contributed by atoms with van der Waals surface area (Å²) in [6.45, 7) is 2.57. The van der Waals surface area contributed by atoms with Gasteiger partial charge in [-0.3, -0.25) is 4.79 Å². The van der Waals surface area contributed by atoms with Crippen LogP contribution in [0, 0.1) is 0 Å². The third-order valence-corrected chi connectivity index (χ3v) is 4.30. The number of hydrogen-bond acceptors (Lipinski definition) is 6. The molecule has 0 fully saturated rings. The minimum absolute atomic E-state index is 0.0402. The summed E-state index contributed by atoms with van der Waals surface area (Å²) in [5.74, 6) is 0.454. The molecule has 1 rings (SSSR count). The molecule has 7 heteroatoms. The number of amides is 1. The molecular formula is C7H11N3OS3. The van der Waals surface area contributed by atoms with Crippen LogP contribution in [0.2, 0.25) is 0 Å². The third kappa shape index (κ3) is 3.85. The number of nitrogens with one attached hydrogen (secondary N) is 1. The predicted octanol–water partition coefficient (Wildman–Crippen LogP) is 1.49. The van der Waals surface area contributed by atoms with Gasteiger partial charge in [0, 0.05) is 6.54 Å². The van der Waals surface area contributed by atoms with Crippen molar-refractivity contribution in [2.75, 3.05) is 18.6 Å². The molecule has 0 bridgehead atoms. The lowest BCUT2D eigenvalue weighted by Crippen LogP contribution is -2.24. The molecule has 1 N–H and O–H groups in total. The van der Waals surface area contributed by atoms with Crippen molar-refractivity contribution in [3.8, 4) is 0 Å². The maximum atomic E-state index is 11.1. The zero-order chi connectivity index (χ0) is 10.4. The number of hydrogen-bond donors (Lipinski definition) is 1. The summed E-state index contributed by atoms with van der Waals surface area (Å²) < 4.78 is 1.78. The fraction of sp³-hybridized carbons (Fsp3) is 0.571. The average Bonchev–Trinajstić information content (AvgIpc) is 2.63. The van der Waals surface area contributed by atoms with E-state index in [1.165, 1.54) is 23.1 Å². The Morgan fingerprint density at radius 1 is 1.50 bits per heavy atom. The molecular weight excluding hydrogens is 238 g/mol. The summed E-state index contributed by atoms with van der Waals surface area (Å²) in [6, 6.07) is 0. The van der Waals surface area contributed by atoms with E-state index in [-0.39, 0.29) is 5.91 Å². The first-order valence-corrected chi connectivity index (χ1v) is 7.06. The van der Waals surface area contributed by atoms with Crippen LogP contribution in [0.5, 0.6) is 0 Å². The van der Waals surface area contributed by atoms with E-state index in [2.05, 4.69) is 15.5 Å². The van der Waals surface area contributed by atoms with Crippen molar-refractivity contribution in [1.82, 2.24) is 15.5 Å². The first kappa shape index (κ1) is 11.8. The standard InChI is InChI=1S/C7H11N3OS3/c1-3-8-5(11)4-13-7-10-9-6(12-2)14-7/h3-4H2,1-2H3,(H,8,11). The Kier molecular flexibility index (Phi) is 5.28. The SMILES string of the molecule is CCNC(=O)CSc1nnc(SC)s1. The van der Waals surface area contributed by atoms with Crippen LogP contribution in [-0.2, 0) is 4.79 Å². The van der Waals surface area contributed by atoms with Crippen LogP contribution >= 0.6 is 34.9 Å². The fourth-order valence-electron chi connectivity index (χ4n) is 0.713. The van der Waals surface area contributed by atoms with E-state index in [0.29, 0.717) is 12.3 Å². The number of nitrogens with zero attached hydrogens (tertiary/aromatic N) is 2. The zero-order valence-corrected chi connectivity index (χ0v) is 10.4. The maximum absolute atomic E-state index is 11.1. The molecule has 1 amide bonds. The fourth-order valence-corrected chi connectivity index (χ4v) is 2.98. The quantitative estimate of drug-likeness (QED) is 0.801. The van der Waals surface area contributed by atoms with Gasteiger partial charge in [0.1, 0.15) is 0 Å². The van der Waals surface area contributed by atoms with Crippen molar-refractivity contribution in [2.45, 2.75) is 15.6 Å². The van der Waals surface area contributed by atoms with Crippen LogP contribution in [0.4, 0.5) is 0 Å². The van der Waals surface area contributed by atoms with Crippen LogP contribution in [0.3, 0.4) is 0 Å². The monoisotopic (exact) mass is 249 g/mol. The summed E-state index contributed by atoms with van der Waals surface area (Å²) in [7, 11) is 0. The molecule has 0 aliphatic heterocycles. The zero-order valence-electron chi connectivity index (χ0n) is 7.94. The van der Waals surface area contributed by atoms with Gasteiger partial charge in [0.25, 0.3) is 0 Å². The van der Waals surface area contributed by atoms with Crippen molar-refractivity contribution in [2.24, 2.45) is 0 Å². The molecule has 14 heavy (non-hydrogen) atoms. The minimum atomic E-state index is 0.0402. The van der Waals surface area contributed by atoms with E-state index in [1.54, 1.807) is 11.8 Å². The van der Waals surface area contributed by atoms with Crippen molar-refractivity contribution < 1.29 is 4.79 Å². The molecule has 0 saturated heterocycles. The summed E-state index contributed by atoms with van der Waals surface area (Å²) in [5, 5.41) is 10.6. The lowest BCUT2D eigenvalue weighted by atomic mass is 10.6. The average molecular weight is 249 g/mol. The Morgan fingerprint density at radius 2 is 2.21 bits per heavy atom. The van der Waals surface area contributed by atoms with E-state index >= 15 is 0 Å². The van der Waals surface area contributed by atoms with Crippen LogP contribution in [-0.4, -0.2) is 34.7 Å². The van der Waals surface area contributed by atoms with Gasteiger partial charge in [-0.15, -0.1) is 10.2 Å². The highest BCUT2D eigenvalue weighted by Crippen LogP contribution is 2.26. The van der Waals surface area contributed by atoms with Crippen molar-refractivity contribution in [1.29, 1.82) is 0 Å². The number of aromatic nitrogens is 2. The van der Waals surface area contributed by atoms with Gasteiger partial charge in [-0.2, -0.15) is 0 Å². The highest BCUT2D eigenvalue weighted by atomic mass is 32.2. The van der Waals surface area contributed by atoms with E-state index < -0.39 is 0 Å². The molecule has 0 aliphatic rings. The molecule has 0 atom stereocenters. The molecule has 1 aromatic rings. The summed E-state index contributed by atoms with van der Waals surface area (Å²) in [4.78, 5) is 11.1. The molecule has 4 nitrogen and oxygen atoms in total. The van der Waals surface area contributed by atoms with Crippen molar-refractivity contribution >= 4 is 40.8 Å². The van der Waals surface area contributed by atoms with Gasteiger partial charge in [-0.05, 0) is 13.2 Å². The lowest BCUT2D eigenvalue weighted by Gasteiger charge is -1.98. The molecule has 1 aromatic heterocycles. The van der Waals surface area contributed by atoms with Crippen LogP contribution in [0.25, 0.3) is 0 Å². The predicted molar refractivity (Wildman–Crippen MR) is 61.1 cm³/mol. The molecule has 0 aliphatic carbocycles. The van der Waals surface area contributed by atoms with E-state index in [1.807, 2.05) is 13.2 Å². The van der Waals surface area contributed by atoms with Gasteiger partial charge in [0.05, 0.1) is 5.75 Å². The van der Waals surface area contributed by atoms with Crippen LogP contribution in [0.1, 0.15) is 6.92 Å². The van der Waals surface area contributed by atoms with Crippen molar-refractivity contribution in [3.63, 3.8) is 0 Å². The Balaban J connectivity index is 2.34. The number of thioether (sulfide) groups is 2. The minimum Gasteiger partial charge on any atom is -0.356 e. The molecule has 0 unspecified atom stereocenters. The number of carbonyl (C=O) groups is 1. The second-order valence-electron chi connectivity index (χ2n) is 2.28. The number of rotatable bonds is 5. The van der Waals surface area contributed by atoms with Gasteiger partial charge in [0.15, 0.2) is 8.68 Å². The molecule has 0 saturated carbocycles. The van der Waals surface area contributed by atoms with Crippen molar-refractivity contribution in [3.05, 3.63) is 0 Å². The first-order valence-electron chi connectivity index (χ1n) is 4.03. The largest absolute Gasteiger partial charge is 0.356 e. The highest BCUT2D eigenvalue weighted by Gasteiger charge is 2.06.